The van der Waals surface area contributed by atoms with Gasteiger partial charge >= 0.3 is 0 Å². The highest BCUT2D eigenvalue weighted by Gasteiger charge is 2.12. The molecule has 0 saturated heterocycles. The van der Waals surface area contributed by atoms with Crippen LogP contribution in [0.5, 0.6) is 0 Å². The highest BCUT2D eigenvalue weighted by atomic mass is 16.1. The molecule has 3 heterocycles. The molecule has 27 heavy (non-hydrogen) atoms. The summed E-state index contributed by atoms with van der Waals surface area (Å²) >= 11 is 0. The van der Waals surface area contributed by atoms with E-state index in [1.807, 2.05) is 38.1 Å². The maximum Gasteiger partial charge on any atom is 0.252 e. The summed E-state index contributed by atoms with van der Waals surface area (Å²) in [5.41, 5.74) is 4.87. The summed E-state index contributed by atoms with van der Waals surface area (Å²) in [6.45, 7) is 4.47. The van der Waals surface area contributed by atoms with Crippen LogP contribution < -0.4 is 5.32 Å². The molecule has 1 amide bonds. The third-order valence-corrected chi connectivity index (χ3v) is 4.71. The average molecular weight is 363 g/mol. The van der Waals surface area contributed by atoms with Crippen molar-refractivity contribution in [3.05, 3.63) is 53.4 Å². The Morgan fingerprint density at radius 2 is 2.04 bits per heavy atom. The number of carbonyl (C=O) groups excluding carboxylic acids is 1. The topological polar surface area (TPSA) is 101 Å². The first-order valence-corrected chi connectivity index (χ1v) is 8.98. The zero-order valence-corrected chi connectivity index (χ0v) is 15.4. The molecule has 0 aliphatic rings. The molecular weight excluding hydrogens is 342 g/mol. The summed E-state index contributed by atoms with van der Waals surface area (Å²) < 4.78 is 1.71. The minimum atomic E-state index is 0.0172. The summed E-state index contributed by atoms with van der Waals surface area (Å²) in [6, 6.07) is 7.90. The van der Waals surface area contributed by atoms with Gasteiger partial charge in [0.2, 0.25) is 5.91 Å². The van der Waals surface area contributed by atoms with Crippen molar-refractivity contribution >= 4 is 22.7 Å². The molecule has 0 bridgehead atoms. The van der Waals surface area contributed by atoms with Crippen LogP contribution in [0.25, 0.3) is 16.8 Å². The summed E-state index contributed by atoms with van der Waals surface area (Å²) in [4.78, 5) is 28.6. The minimum absolute atomic E-state index is 0.0172. The number of fused-ring (bicyclic) bond motifs is 2. The first-order chi connectivity index (χ1) is 13.1. The number of carbonyl (C=O) groups is 1. The second-order valence-corrected chi connectivity index (χ2v) is 6.53. The molecule has 0 fully saturated rings. The Balaban J connectivity index is 1.32. The Morgan fingerprint density at radius 3 is 2.89 bits per heavy atom. The van der Waals surface area contributed by atoms with Gasteiger partial charge in [-0.2, -0.15) is 10.1 Å². The van der Waals surface area contributed by atoms with Crippen LogP contribution in [0.15, 0.2) is 30.6 Å². The number of nitrogens with one attached hydrogen (secondary N) is 2. The average Bonchev–Trinajstić information content (AvgIpc) is 3.27. The van der Waals surface area contributed by atoms with E-state index in [1.54, 1.807) is 4.52 Å². The largest absolute Gasteiger partial charge is 0.356 e. The fraction of sp³-hybridized carbons (Fsp3) is 0.316. The second kappa shape index (κ2) is 7.14. The van der Waals surface area contributed by atoms with Crippen molar-refractivity contribution in [2.24, 2.45) is 0 Å². The van der Waals surface area contributed by atoms with E-state index < -0.39 is 0 Å². The third-order valence-electron chi connectivity index (χ3n) is 4.71. The molecule has 0 radical (unpaired) electrons. The van der Waals surface area contributed by atoms with Gasteiger partial charge in [-0.3, -0.25) is 4.79 Å². The number of amides is 1. The van der Waals surface area contributed by atoms with Gasteiger partial charge in [-0.15, -0.1) is 0 Å². The normalized spacial score (nSPS) is 11.3. The lowest BCUT2D eigenvalue weighted by atomic mass is 10.1. The number of H-pyrrole nitrogens is 1. The van der Waals surface area contributed by atoms with Gasteiger partial charge in [0.1, 0.15) is 12.2 Å². The number of benzene rings is 1. The quantitative estimate of drug-likeness (QED) is 0.545. The number of hydrogen-bond donors (Lipinski definition) is 2. The number of rotatable bonds is 6. The number of aromatic nitrogens is 6. The lowest BCUT2D eigenvalue weighted by molar-refractivity contribution is -0.121. The molecular formula is C19H21N7O. The van der Waals surface area contributed by atoms with Gasteiger partial charge in [0, 0.05) is 30.8 Å². The lowest BCUT2D eigenvalue weighted by Crippen LogP contribution is -2.26. The molecule has 8 nitrogen and oxygen atoms in total. The van der Waals surface area contributed by atoms with E-state index in [9.17, 15) is 4.79 Å². The highest BCUT2D eigenvalue weighted by molar-refractivity contribution is 5.76. The SMILES string of the molecule is Cc1nc2ncnn2c(C)c1CCC(=O)NCCc1nc2ccccc2[nH]1. The van der Waals surface area contributed by atoms with E-state index in [4.69, 9.17) is 0 Å². The van der Waals surface area contributed by atoms with Gasteiger partial charge in [-0.05, 0) is 38.0 Å². The van der Waals surface area contributed by atoms with Crippen molar-refractivity contribution in [2.75, 3.05) is 6.54 Å². The monoisotopic (exact) mass is 363 g/mol. The first kappa shape index (κ1) is 17.1. The molecule has 138 valence electrons. The van der Waals surface area contributed by atoms with Crippen molar-refractivity contribution in [2.45, 2.75) is 33.1 Å². The van der Waals surface area contributed by atoms with E-state index in [2.05, 4.69) is 30.4 Å². The van der Waals surface area contributed by atoms with Gasteiger partial charge in [0.25, 0.3) is 5.78 Å². The number of aromatic amines is 1. The predicted octanol–water partition coefficient (Wildman–Crippen LogP) is 1.91. The molecule has 0 aliphatic carbocycles. The van der Waals surface area contributed by atoms with Gasteiger partial charge in [-0.25, -0.2) is 14.5 Å². The van der Waals surface area contributed by atoms with E-state index in [1.165, 1.54) is 6.33 Å². The zero-order valence-electron chi connectivity index (χ0n) is 15.4. The molecule has 8 heteroatoms. The summed E-state index contributed by atoms with van der Waals surface area (Å²) in [5.74, 6) is 1.48. The zero-order chi connectivity index (χ0) is 18.8. The van der Waals surface area contributed by atoms with E-state index in [-0.39, 0.29) is 5.91 Å². The van der Waals surface area contributed by atoms with E-state index in [0.29, 0.717) is 31.6 Å². The van der Waals surface area contributed by atoms with Crippen molar-refractivity contribution in [3.8, 4) is 0 Å². The van der Waals surface area contributed by atoms with Crippen molar-refractivity contribution in [1.82, 2.24) is 34.9 Å². The molecule has 2 N–H and O–H groups in total. The molecule has 0 atom stereocenters. The maximum absolute atomic E-state index is 12.2. The van der Waals surface area contributed by atoms with Crippen LogP contribution in [-0.2, 0) is 17.6 Å². The molecule has 1 aromatic carbocycles. The molecule has 4 aromatic rings. The molecule has 4 rings (SSSR count). The number of nitrogens with zero attached hydrogens (tertiary/aromatic N) is 5. The van der Waals surface area contributed by atoms with Crippen LogP contribution in [-0.4, -0.2) is 42.0 Å². The van der Waals surface area contributed by atoms with Gasteiger partial charge in [-0.1, -0.05) is 12.1 Å². The van der Waals surface area contributed by atoms with E-state index >= 15 is 0 Å². The summed E-state index contributed by atoms with van der Waals surface area (Å²) in [5, 5.41) is 7.14. The number of hydrogen-bond acceptors (Lipinski definition) is 5. The Kier molecular flexibility index (Phi) is 4.53. The highest BCUT2D eigenvalue weighted by Crippen LogP contribution is 2.15. The second-order valence-electron chi connectivity index (χ2n) is 6.53. The molecule has 0 aliphatic heterocycles. The Hall–Kier alpha value is -3.29. The molecule has 0 saturated carbocycles. The third kappa shape index (κ3) is 3.51. The lowest BCUT2D eigenvalue weighted by Gasteiger charge is -2.10. The smallest absolute Gasteiger partial charge is 0.252 e. The van der Waals surface area contributed by atoms with Crippen LogP contribution in [0.3, 0.4) is 0 Å². The first-order valence-electron chi connectivity index (χ1n) is 8.98. The minimum Gasteiger partial charge on any atom is -0.356 e. The van der Waals surface area contributed by atoms with Gasteiger partial charge in [0.05, 0.1) is 11.0 Å². The number of imidazole rings is 1. The van der Waals surface area contributed by atoms with Crippen LogP contribution in [0, 0.1) is 13.8 Å². The molecule has 3 aromatic heterocycles. The summed E-state index contributed by atoms with van der Waals surface area (Å²) in [6.07, 6.45) is 3.19. The van der Waals surface area contributed by atoms with Gasteiger partial charge in [0.15, 0.2) is 0 Å². The van der Waals surface area contributed by atoms with Crippen molar-refractivity contribution in [3.63, 3.8) is 0 Å². The fourth-order valence-corrected chi connectivity index (χ4v) is 3.29. The van der Waals surface area contributed by atoms with E-state index in [0.717, 1.165) is 33.8 Å². The van der Waals surface area contributed by atoms with Crippen LogP contribution >= 0.6 is 0 Å². The Morgan fingerprint density at radius 1 is 1.19 bits per heavy atom. The Labute approximate surface area is 156 Å². The maximum atomic E-state index is 12.2. The van der Waals surface area contributed by atoms with Crippen molar-refractivity contribution < 1.29 is 4.79 Å². The summed E-state index contributed by atoms with van der Waals surface area (Å²) in [7, 11) is 0. The van der Waals surface area contributed by atoms with Crippen LogP contribution in [0.1, 0.15) is 29.2 Å². The number of aryl methyl sites for hydroxylation is 2. The predicted molar refractivity (Wildman–Crippen MR) is 101 cm³/mol. The van der Waals surface area contributed by atoms with Gasteiger partial charge < -0.3 is 10.3 Å². The fourth-order valence-electron chi connectivity index (χ4n) is 3.29. The molecule has 0 spiro atoms. The standard InChI is InChI=1S/C19H21N7O/c1-12-14(13(2)26-19(23-12)21-11-22-26)7-8-18(27)20-10-9-17-24-15-5-3-4-6-16(15)25-17/h3-6,11H,7-10H2,1-2H3,(H,20,27)(H,24,25). The Bertz CT molecular complexity index is 1080. The van der Waals surface area contributed by atoms with Crippen LogP contribution in [0.2, 0.25) is 0 Å². The van der Waals surface area contributed by atoms with Crippen LogP contribution in [0.4, 0.5) is 0 Å². The number of para-hydroxylation sites is 2. The molecule has 0 unspecified atom stereocenters. The van der Waals surface area contributed by atoms with Crippen molar-refractivity contribution in [1.29, 1.82) is 0 Å².